The first kappa shape index (κ1) is 11.0. The molecule has 1 N–H and O–H groups in total. The zero-order valence-electron chi connectivity index (χ0n) is 8.90. The van der Waals surface area contributed by atoms with Gasteiger partial charge in [0.25, 0.3) is 0 Å². The Kier molecular flexibility index (Phi) is 3.90. The Balaban J connectivity index is 2.65. The molecular weight excluding hydrogens is 172 g/mol. The van der Waals surface area contributed by atoms with Crippen LogP contribution in [-0.4, -0.2) is 5.11 Å². The molecule has 1 unspecified atom stereocenters. The number of allylic oxidation sites excluding steroid dienone is 2. The van der Waals surface area contributed by atoms with Crippen molar-refractivity contribution in [1.82, 2.24) is 0 Å². The van der Waals surface area contributed by atoms with Gasteiger partial charge in [-0.3, -0.25) is 0 Å². The first-order valence-electron chi connectivity index (χ1n) is 5.06. The van der Waals surface area contributed by atoms with Crippen molar-refractivity contribution in [2.75, 3.05) is 0 Å². The quantitative estimate of drug-likeness (QED) is 0.722. The lowest BCUT2D eigenvalue weighted by Crippen LogP contribution is -2.20. The molecule has 1 aromatic rings. The van der Waals surface area contributed by atoms with E-state index in [1.807, 2.05) is 50.3 Å². The predicted molar refractivity (Wildman–Crippen MR) is 60.1 cm³/mol. The fourth-order valence-corrected chi connectivity index (χ4v) is 1.47. The van der Waals surface area contributed by atoms with Gasteiger partial charge in [0.1, 0.15) is 0 Å². The van der Waals surface area contributed by atoms with Crippen molar-refractivity contribution >= 4 is 0 Å². The van der Waals surface area contributed by atoms with Gasteiger partial charge in [0.05, 0.1) is 5.60 Å². The van der Waals surface area contributed by atoms with Crippen LogP contribution >= 0.6 is 0 Å². The van der Waals surface area contributed by atoms with E-state index < -0.39 is 5.60 Å². The number of hydrogen-bond acceptors (Lipinski definition) is 1. The maximum absolute atomic E-state index is 10.2. The molecular formula is C13H18O. The van der Waals surface area contributed by atoms with Gasteiger partial charge in [-0.15, -0.1) is 0 Å². The smallest absolute Gasteiger partial charge is 0.0871 e. The summed E-state index contributed by atoms with van der Waals surface area (Å²) in [6.45, 7) is 3.86. The molecule has 0 saturated carbocycles. The molecule has 1 nitrogen and oxygen atoms in total. The van der Waals surface area contributed by atoms with Crippen molar-refractivity contribution in [2.45, 2.75) is 32.3 Å². The summed E-state index contributed by atoms with van der Waals surface area (Å²) in [7, 11) is 0. The number of hydrogen-bond donors (Lipinski definition) is 1. The topological polar surface area (TPSA) is 20.2 Å². The van der Waals surface area contributed by atoms with Crippen LogP contribution in [0.1, 0.15) is 32.3 Å². The van der Waals surface area contributed by atoms with Crippen molar-refractivity contribution in [2.24, 2.45) is 0 Å². The Morgan fingerprint density at radius 3 is 2.50 bits per heavy atom. The number of aliphatic hydroxyl groups is 1. The second-order valence-electron chi connectivity index (χ2n) is 3.75. The van der Waals surface area contributed by atoms with Gasteiger partial charge in [-0.05, 0) is 32.3 Å². The fraction of sp³-hybridized carbons (Fsp3) is 0.385. The molecule has 0 aliphatic heterocycles. The van der Waals surface area contributed by atoms with Crippen LogP contribution in [0.5, 0.6) is 0 Å². The van der Waals surface area contributed by atoms with Gasteiger partial charge in [-0.2, -0.15) is 0 Å². The van der Waals surface area contributed by atoms with E-state index in [1.54, 1.807) is 0 Å². The molecule has 0 amide bonds. The highest BCUT2D eigenvalue weighted by Gasteiger charge is 2.20. The Morgan fingerprint density at radius 1 is 1.29 bits per heavy atom. The van der Waals surface area contributed by atoms with E-state index in [-0.39, 0.29) is 0 Å². The Labute approximate surface area is 86.1 Å². The van der Waals surface area contributed by atoms with E-state index in [0.29, 0.717) is 0 Å². The standard InChI is InChI=1S/C13H18O/c1-3-4-8-11-13(2,14)12-9-6-5-7-10-12/h3-7,9-10,14H,8,11H2,1-2H3/b4-3+. The molecule has 0 fully saturated rings. The van der Waals surface area contributed by atoms with Crippen LogP contribution in [0.25, 0.3) is 0 Å². The second-order valence-corrected chi connectivity index (χ2v) is 3.75. The summed E-state index contributed by atoms with van der Waals surface area (Å²) < 4.78 is 0. The van der Waals surface area contributed by atoms with Crippen LogP contribution < -0.4 is 0 Å². The average molecular weight is 190 g/mol. The fourth-order valence-electron chi connectivity index (χ4n) is 1.47. The molecule has 76 valence electrons. The largest absolute Gasteiger partial charge is 0.385 e. The molecule has 0 aromatic heterocycles. The first-order valence-corrected chi connectivity index (χ1v) is 5.06. The molecule has 0 saturated heterocycles. The molecule has 1 atom stereocenters. The maximum atomic E-state index is 10.2. The Morgan fingerprint density at radius 2 is 1.93 bits per heavy atom. The van der Waals surface area contributed by atoms with Crippen molar-refractivity contribution < 1.29 is 5.11 Å². The van der Waals surface area contributed by atoms with Gasteiger partial charge in [0, 0.05) is 0 Å². The van der Waals surface area contributed by atoms with Crippen LogP contribution in [0.15, 0.2) is 42.5 Å². The average Bonchev–Trinajstić information content (AvgIpc) is 2.19. The summed E-state index contributed by atoms with van der Waals surface area (Å²) in [6, 6.07) is 9.82. The Hall–Kier alpha value is -1.08. The predicted octanol–water partition coefficient (Wildman–Crippen LogP) is 3.25. The van der Waals surface area contributed by atoms with E-state index in [0.717, 1.165) is 18.4 Å². The molecule has 0 bridgehead atoms. The second kappa shape index (κ2) is 4.97. The highest BCUT2D eigenvalue weighted by Crippen LogP contribution is 2.25. The van der Waals surface area contributed by atoms with Gasteiger partial charge in [-0.25, -0.2) is 0 Å². The van der Waals surface area contributed by atoms with Crippen LogP contribution in [0, 0.1) is 0 Å². The summed E-state index contributed by atoms with van der Waals surface area (Å²) in [5, 5.41) is 10.2. The van der Waals surface area contributed by atoms with Gasteiger partial charge in [-0.1, -0.05) is 42.5 Å². The summed E-state index contributed by atoms with van der Waals surface area (Å²) in [5.74, 6) is 0. The van der Waals surface area contributed by atoms with Gasteiger partial charge in [0.2, 0.25) is 0 Å². The molecule has 0 radical (unpaired) electrons. The van der Waals surface area contributed by atoms with Crippen molar-refractivity contribution in [1.29, 1.82) is 0 Å². The maximum Gasteiger partial charge on any atom is 0.0871 e. The minimum Gasteiger partial charge on any atom is -0.385 e. The molecule has 1 rings (SSSR count). The molecule has 0 spiro atoms. The highest BCUT2D eigenvalue weighted by atomic mass is 16.3. The highest BCUT2D eigenvalue weighted by molar-refractivity contribution is 5.21. The van der Waals surface area contributed by atoms with E-state index >= 15 is 0 Å². The van der Waals surface area contributed by atoms with Crippen molar-refractivity contribution in [3.63, 3.8) is 0 Å². The number of benzene rings is 1. The summed E-state index contributed by atoms with van der Waals surface area (Å²) >= 11 is 0. The van der Waals surface area contributed by atoms with Crippen molar-refractivity contribution in [3.05, 3.63) is 48.0 Å². The van der Waals surface area contributed by atoms with Crippen molar-refractivity contribution in [3.8, 4) is 0 Å². The molecule has 0 aliphatic rings. The lowest BCUT2D eigenvalue weighted by atomic mass is 9.91. The van der Waals surface area contributed by atoms with Crippen LogP contribution in [-0.2, 0) is 5.60 Å². The molecule has 1 aromatic carbocycles. The lowest BCUT2D eigenvalue weighted by Gasteiger charge is -2.23. The summed E-state index contributed by atoms with van der Waals surface area (Å²) in [5.41, 5.74) is 0.283. The molecule has 0 aliphatic carbocycles. The zero-order valence-corrected chi connectivity index (χ0v) is 8.90. The Bertz CT molecular complexity index is 285. The van der Waals surface area contributed by atoms with E-state index in [1.165, 1.54) is 0 Å². The van der Waals surface area contributed by atoms with E-state index in [9.17, 15) is 5.11 Å². The molecule has 1 heteroatoms. The third kappa shape index (κ3) is 3.00. The third-order valence-corrected chi connectivity index (χ3v) is 2.43. The van der Waals surface area contributed by atoms with E-state index in [2.05, 4.69) is 6.08 Å². The SMILES string of the molecule is C/C=C/CCC(C)(O)c1ccccc1. The van der Waals surface area contributed by atoms with Crippen LogP contribution in [0.2, 0.25) is 0 Å². The summed E-state index contributed by atoms with van der Waals surface area (Å²) in [4.78, 5) is 0. The number of rotatable bonds is 4. The van der Waals surface area contributed by atoms with Crippen LogP contribution in [0.3, 0.4) is 0 Å². The van der Waals surface area contributed by atoms with Crippen LogP contribution in [0.4, 0.5) is 0 Å². The summed E-state index contributed by atoms with van der Waals surface area (Å²) in [6.07, 6.45) is 5.78. The third-order valence-electron chi connectivity index (χ3n) is 2.43. The van der Waals surface area contributed by atoms with Gasteiger partial charge >= 0.3 is 0 Å². The van der Waals surface area contributed by atoms with Gasteiger partial charge in [0.15, 0.2) is 0 Å². The molecule has 14 heavy (non-hydrogen) atoms. The normalized spacial score (nSPS) is 15.6. The zero-order chi connectivity index (χ0) is 10.4. The van der Waals surface area contributed by atoms with Gasteiger partial charge < -0.3 is 5.11 Å². The monoisotopic (exact) mass is 190 g/mol. The molecule has 0 heterocycles. The lowest BCUT2D eigenvalue weighted by molar-refractivity contribution is 0.0488. The minimum atomic E-state index is -0.708. The van der Waals surface area contributed by atoms with E-state index in [4.69, 9.17) is 0 Å². The first-order chi connectivity index (χ1) is 6.67. The minimum absolute atomic E-state index is 0.708.